The molecule has 1 amide bonds. The Morgan fingerprint density at radius 1 is 1.04 bits per heavy atom. The third-order valence-corrected chi connectivity index (χ3v) is 6.30. The molecule has 2 fully saturated rings. The minimum atomic E-state index is -0.811. The molecular weight excluding hydrogens is 346 g/mol. The standard InChI is InChI=1S/C22H24F2N2O/c1-25-21(27)18(17-5-3-2-4-6-17)14-22(25)9-11-26(12-10-22)15-16-7-8-19(23)20(24)13-16/h2-8,13,18H,9-12,14-15H2,1H3. The molecule has 1 unspecified atom stereocenters. The van der Waals surface area contributed by atoms with Gasteiger partial charge in [0.1, 0.15) is 0 Å². The molecule has 0 saturated carbocycles. The Bertz CT molecular complexity index is 831. The van der Waals surface area contributed by atoms with Crippen LogP contribution in [0.4, 0.5) is 8.78 Å². The first-order chi connectivity index (χ1) is 13.0. The van der Waals surface area contributed by atoms with Gasteiger partial charge in [0.05, 0.1) is 5.92 Å². The second-order valence-corrected chi connectivity index (χ2v) is 7.81. The number of nitrogens with zero attached hydrogens (tertiary/aromatic N) is 2. The molecule has 142 valence electrons. The number of benzene rings is 2. The zero-order valence-electron chi connectivity index (χ0n) is 15.5. The van der Waals surface area contributed by atoms with Gasteiger partial charge in [-0.25, -0.2) is 8.78 Å². The summed E-state index contributed by atoms with van der Waals surface area (Å²) in [6.45, 7) is 2.29. The van der Waals surface area contributed by atoms with E-state index >= 15 is 0 Å². The van der Waals surface area contributed by atoms with Crippen molar-refractivity contribution < 1.29 is 13.6 Å². The van der Waals surface area contributed by atoms with E-state index in [1.807, 2.05) is 42.3 Å². The molecule has 0 aliphatic carbocycles. The zero-order valence-corrected chi connectivity index (χ0v) is 15.5. The molecule has 2 aliphatic heterocycles. The van der Waals surface area contributed by atoms with Crippen LogP contribution in [0.1, 0.15) is 36.3 Å². The summed E-state index contributed by atoms with van der Waals surface area (Å²) >= 11 is 0. The first-order valence-corrected chi connectivity index (χ1v) is 9.47. The molecule has 1 spiro atoms. The minimum Gasteiger partial charge on any atom is -0.339 e. The minimum absolute atomic E-state index is 0.0612. The number of rotatable bonds is 3. The Morgan fingerprint density at radius 3 is 2.41 bits per heavy atom. The van der Waals surface area contributed by atoms with Crippen molar-refractivity contribution in [2.45, 2.75) is 37.3 Å². The Kier molecular flexibility index (Phi) is 4.72. The lowest BCUT2D eigenvalue weighted by Crippen LogP contribution is -2.51. The predicted octanol–water partition coefficient (Wildman–Crippen LogP) is 3.95. The number of piperidine rings is 1. The van der Waals surface area contributed by atoms with Crippen molar-refractivity contribution in [1.82, 2.24) is 9.80 Å². The van der Waals surface area contributed by atoms with Crippen molar-refractivity contribution in [2.75, 3.05) is 20.1 Å². The summed E-state index contributed by atoms with van der Waals surface area (Å²) < 4.78 is 26.5. The fourth-order valence-electron chi connectivity index (χ4n) is 4.58. The van der Waals surface area contributed by atoms with Crippen LogP contribution in [-0.4, -0.2) is 41.4 Å². The van der Waals surface area contributed by atoms with E-state index in [4.69, 9.17) is 0 Å². The number of carbonyl (C=O) groups excluding carboxylic acids is 1. The lowest BCUT2D eigenvalue weighted by atomic mass is 9.81. The fourth-order valence-corrected chi connectivity index (χ4v) is 4.58. The fraction of sp³-hybridized carbons (Fsp3) is 0.409. The zero-order chi connectivity index (χ0) is 19.0. The van der Waals surface area contributed by atoms with Gasteiger partial charge in [-0.3, -0.25) is 9.69 Å². The smallest absolute Gasteiger partial charge is 0.230 e. The van der Waals surface area contributed by atoms with Crippen molar-refractivity contribution in [3.05, 3.63) is 71.3 Å². The van der Waals surface area contributed by atoms with E-state index in [1.165, 1.54) is 12.1 Å². The molecule has 2 aromatic carbocycles. The molecule has 2 saturated heterocycles. The van der Waals surface area contributed by atoms with Crippen LogP contribution in [-0.2, 0) is 11.3 Å². The average molecular weight is 370 g/mol. The quantitative estimate of drug-likeness (QED) is 0.817. The summed E-state index contributed by atoms with van der Waals surface area (Å²) in [5, 5.41) is 0. The highest BCUT2D eigenvalue weighted by molar-refractivity contribution is 5.87. The third kappa shape index (κ3) is 3.36. The summed E-state index contributed by atoms with van der Waals surface area (Å²) in [5.41, 5.74) is 1.78. The molecule has 0 N–H and O–H groups in total. The Hall–Kier alpha value is -2.27. The summed E-state index contributed by atoms with van der Waals surface area (Å²) in [6, 6.07) is 14.1. The number of amides is 1. The molecule has 2 aliphatic rings. The van der Waals surface area contributed by atoms with E-state index in [0.717, 1.165) is 43.5 Å². The van der Waals surface area contributed by atoms with Crippen molar-refractivity contribution >= 4 is 5.91 Å². The van der Waals surface area contributed by atoms with Gasteiger partial charge in [-0.15, -0.1) is 0 Å². The molecule has 2 aromatic rings. The van der Waals surface area contributed by atoms with Crippen LogP contribution < -0.4 is 0 Å². The molecule has 27 heavy (non-hydrogen) atoms. The van der Waals surface area contributed by atoms with Crippen molar-refractivity contribution in [3.8, 4) is 0 Å². The van der Waals surface area contributed by atoms with E-state index in [2.05, 4.69) is 4.90 Å². The number of hydrogen-bond acceptors (Lipinski definition) is 2. The van der Waals surface area contributed by atoms with E-state index < -0.39 is 11.6 Å². The average Bonchev–Trinajstić information content (AvgIpc) is 2.93. The number of likely N-dealkylation sites (tertiary alicyclic amines) is 2. The van der Waals surface area contributed by atoms with Crippen LogP contribution >= 0.6 is 0 Å². The Labute approximate surface area is 158 Å². The van der Waals surface area contributed by atoms with Gasteiger partial charge in [0.25, 0.3) is 0 Å². The van der Waals surface area contributed by atoms with Crippen molar-refractivity contribution in [3.63, 3.8) is 0 Å². The maximum atomic E-state index is 13.4. The largest absolute Gasteiger partial charge is 0.339 e. The summed E-state index contributed by atoms with van der Waals surface area (Å²) in [5.74, 6) is -1.47. The number of halogens is 2. The lowest BCUT2D eigenvalue weighted by Gasteiger charge is -2.43. The molecule has 1 atom stereocenters. The second-order valence-electron chi connectivity index (χ2n) is 7.81. The van der Waals surface area contributed by atoms with Gasteiger partial charge in [0.2, 0.25) is 5.91 Å². The van der Waals surface area contributed by atoms with E-state index in [9.17, 15) is 13.6 Å². The van der Waals surface area contributed by atoms with E-state index in [-0.39, 0.29) is 17.4 Å². The van der Waals surface area contributed by atoms with E-state index in [1.54, 1.807) is 6.07 Å². The van der Waals surface area contributed by atoms with Crippen LogP contribution in [0.3, 0.4) is 0 Å². The molecule has 4 rings (SSSR count). The highest BCUT2D eigenvalue weighted by Gasteiger charge is 2.50. The highest BCUT2D eigenvalue weighted by Crippen LogP contribution is 2.44. The summed E-state index contributed by atoms with van der Waals surface area (Å²) in [6.07, 6.45) is 2.66. The number of carbonyl (C=O) groups is 1. The molecule has 0 bridgehead atoms. The normalized spacial score (nSPS) is 22.6. The molecule has 0 aromatic heterocycles. The van der Waals surface area contributed by atoms with Crippen LogP contribution in [0.2, 0.25) is 0 Å². The van der Waals surface area contributed by atoms with Gasteiger partial charge < -0.3 is 4.90 Å². The first-order valence-electron chi connectivity index (χ1n) is 9.47. The van der Waals surface area contributed by atoms with Gasteiger partial charge in [-0.1, -0.05) is 36.4 Å². The van der Waals surface area contributed by atoms with Crippen LogP contribution in [0.5, 0.6) is 0 Å². The second kappa shape index (κ2) is 7.04. The molecule has 5 heteroatoms. The molecule has 0 radical (unpaired) electrons. The van der Waals surface area contributed by atoms with Gasteiger partial charge in [0, 0.05) is 32.2 Å². The molecule has 3 nitrogen and oxygen atoms in total. The number of hydrogen-bond donors (Lipinski definition) is 0. The monoisotopic (exact) mass is 370 g/mol. The Balaban J connectivity index is 1.43. The molecular formula is C22H24F2N2O. The topological polar surface area (TPSA) is 23.6 Å². The first kappa shape index (κ1) is 18.1. The van der Waals surface area contributed by atoms with Crippen LogP contribution in [0, 0.1) is 11.6 Å². The van der Waals surface area contributed by atoms with Gasteiger partial charge in [-0.2, -0.15) is 0 Å². The van der Waals surface area contributed by atoms with Crippen molar-refractivity contribution in [2.24, 2.45) is 0 Å². The summed E-state index contributed by atoms with van der Waals surface area (Å²) in [4.78, 5) is 17.1. The maximum absolute atomic E-state index is 13.4. The number of likely N-dealkylation sites (N-methyl/N-ethyl adjacent to an activating group) is 1. The maximum Gasteiger partial charge on any atom is 0.230 e. The van der Waals surface area contributed by atoms with Gasteiger partial charge in [-0.05, 0) is 42.5 Å². The van der Waals surface area contributed by atoms with Gasteiger partial charge in [0.15, 0.2) is 11.6 Å². The SMILES string of the molecule is CN1C(=O)C(c2ccccc2)CC12CCN(Cc1ccc(F)c(F)c1)CC2. The van der Waals surface area contributed by atoms with Crippen LogP contribution in [0.15, 0.2) is 48.5 Å². The Morgan fingerprint density at radius 2 is 1.74 bits per heavy atom. The summed E-state index contributed by atoms with van der Waals surface area (Å²) in [7, 11) is 1.93. The van der Waals surface area contributed by atoms with Crippen LogP contribution in [0.25, 0.3) is 0 Å². The molecule has 2 heterocycles. The predicted molar refractivity (Wildman–Crippen MR) is 100 cm³/mol. The van der Waals surface area contributed by atoms with Gasteiger partial charge >= 0.3 is 0 Å². The van der Waals surface area contributed by atoms with Crippen molar-refractivity contribution in [1.29, 1.82) is 0 Å². The van der Waals surface area contributed by atoms with E-state index in [0.29, 0.717) is 6.54 Å². The lowest BCUT2D eigenvalue weighted by molar-refractivity contribution is -0.131. The third-order valence-electron chi connectivity index (χ3n) is 6.30. The highest BCUT2D eigenvalue weighted by atomic mass is 19.2.